The summed E-state index contributed by atoms with van der Waals surface area (Å²) in [6.45, 7) is 0. The highest BCUT2D eigenvalue weighted by atomic mass is 16.5. The first-order valence-corrected chi connectivity index (χ1v) is 5.22. The lowest BCUT2D eigenvalue weighted by Crippen LogP contribution is -2.33. The zero-order valence-electron chi connectivity index (χ0n) is 10.4. The zero-order chi connectivity index (χ0) is 13.1. The molecule has 5 heteroatoms. The van der Waals surface area contributed by atoms with Gasteiger partial charge in [0.1, 0.15) is 11.8 Å². The monoisotopic (exact) mass is 235 g/mol. The van der Waals surface area contributed by atoms with Gasteiger partial charge in [0.2, 0.25) is 0 Å². The molecule has 0 aliphatic heterocycles. The second-order valence-corrected chi connectivity index (χ2v) is 3.86. The van der Waals surface area contributed by atoms with Gasteiger partial charge in [-0.25, -0.2) is 0 Å². The lowest BCUT2D eigenvalue weighted by molar-refractivity contribution is -0.142. The van der Waals surface area contributed by atoms with E-state index in [0.29, 0.717) is 12.2 Å². The van der Waals surface area contributed by atoms with E-state index in [-0.39, 0.29) is 0 Å². The third-order valence-electron chi connectivity index (χ3n) is 2.68. The molecule has 0 bridgehead atoms. The van der Waals surface area contributed by atoms with Crippen LogP contribution in [0.25, 0.3) is 10.9 Å². The highest BCUT2D eigenvalue weighted by Crippen LogP contribution is 2.23. The number of fused-ring (bicyclic) bond motifs is 1. The van der Waals surface area contributed by atoms with Crippen LogP contribution in [-0.4, -0.2) is 30.6 Å². The SMILES string of the molecule is [2H]Oc1ccc2[nH]cc(C[C@H](N)C(=O)OC)c2c1. The number of nitrogens with two attached hydrogens (primary N) is 1. The number of aromatic amines is 1. The molecule has 1 aromatic heterocycles. The summed E-state index contributed by atoms with van der Waals surface area (Å²) in [7, 11) is 1.31. The number of esters is 1. The van der Waals surface area contributed by atoms with Gasteiger partial charge in [-0.3, -0.25) is 4.79 Å². The fourth-order valence-electron chi connectivity index (χ4n) is 1.80. The minimum atomic E-state index is -0.699. The maximum absolute atomic E-state index is 11.3. The molecule has 0 saturated heterocycles. The summed E-state index contributed by atoms with van der Waals surface area (Å²) in [4.78, 5) is 14.4. The minimum absolute atomic E-state index is 0.369. The molecule has 0 amide bonds. The molecule has 0 radical (unpaired) electrons. The Hall–Kier alpha value is -2.01. The molecule has 2 rings (SSSR count). The van der Waals surface area contributed by atoms with Crippen LogP contribution in [0.4, 0.5) is 0 Å². The summed E-state index contributed by atoms with van der Waals surface area (Å²) in [5.41, 5.74) is 7.52. The predicted octanol–water partition coefficient (Wildman–Crippen LogP) is 0.916. The Labute approximate surface area is 99.7 Å². The average Bonchev–Trinajstić information content (AvgIpc) is 2.80. The predicted molar refractivity (Wildman–Crippen MR) is 63.7 cm³/mol. The molecule has 0 aliphatic rings. The van der Waals surface area contributed by atoms with Crippen LogP contribution in [0.15, 0.2) is 24.4 Å². The van der Waals surface area contributed by atoms with Gasteiger partial charge in [-0.2, -0.15) is 0 Å². The number of hydrogen-bond acceptors (Lipinski definition) is 4. The van der Waals surface area contributed by atoms with Crippen molar-refractivity contribution < 1.29 is 14.6 Å². The van der Waals surface area contributed by atoms with E-state index in [9.17, 15) is 4.79 Å². The summed E-state index contributed by atoms with van der Waals surface area (Å²) in [5.74, 6) is -0.00719. The van der Waals surface area contributed by atoms with Crippen LogP contribution in [-0.2, 0) is 16.0 Å². The number of H-pyrrole nitrogens is 1. The van der Waals surface area contributed by atoms with Gasteiger partial charge < -0.3 is 20.6 Å². The van der Waals surface area contributed by atoms with Crippen molar-refractivity contribution in [2.24, 2.45) is 5.73 Å². The van der Waals surface area contributed by atoms with Gasteiger partial charge in [-0.05, 0) is 23.8 Å². The van der Waals surface area contributed by atoms with Gasteiger partial charge in [-0.1, -0.05) is 0 Å². The smallest absolute Gasteiger partial charge is 0.322 e. The maximum Gasteiger partial charge on any atom is 0.322 e. The number of nitrogens with one attached hydrogen (secondary N) is 1. The molecule has 4 N–H and O–H groups in total. The molecular weight excluding hydrogens is 220 g/mol. The number of carbonyl (C=O) groups is 1. The van der Waals surface area contributed by atoms with E-state index in [1.807, 2.05) is 6.07 Å². The first-order valence-electron chi connectivity index (χ1n) is 5.63. The van der Waals surface area contributed by atoms with Crippen LogP contribution in [0.2, 0.25) is 0 Å². The summed E-state index contributed by atoms with van der Waals surface area (Å²) in [6, 6.07) is 4.54. The van der Waals surface area contributed by atoms with Crippen LogP contribution < -0.4 is 5.73 Å². The molecule has 0 unspecified atom stereocenters. The molecule has 0 aliphatic carbocycles. The summed E-state index contributed by atoms with van der Waals surface area (Å²) in [5, 5.41) is 5.32. The van der Waals surface area contributed by atoms with E-state index in [4.69, 9.17) is 7.16 Å². The Morgan fingerprint density at radius 2 is 2.53 bits per heavy atom. The first-order chi connectivity index (χ1) is 8.65. The van der Waals surface area contributed by atoms with Gasteiger partial charge in [0.25, 0.3) is 1.43 Å². The molecule has 17 heavy (non-hydrogen) atoms. The maximum atomic E-state index is 11.3. The number of carbonyl (C=O) groups excluding carboxylic acids is 1. The molecule has 1 atom stereocenters. The number of ether oxygens (including phenoxy) is 1. The van der Waals surface area contributed by atoms with Crippen LogP contribution in [0.1, 0.15) is 5.56 Å². The highest BCUT2D eigenvalue weighted by Gasteiger charge is 2.16. The normalized spacial score (nSPS) is 13.2. The second kappa shape index (κ2) is 4.47. The Morgan fingerprint density at radius 3 is 3.24 bits per heavy atom. The average molecular weight is 235 g/mol. The molecule has 1 aromatic carbocycles. The van der Waals surface area contributed by atoms with Crippen molar-refractivity contribution in [2.75, 3.05) is 7.11 Å². The number of hydrogen-bond donors (Lipinski definition) is 3. The molecule has 0 saturated carbocycles. The Kier molecular flexibility index (Phi) is 2.67. The van der Waals surface area contributed by atoms with Gasteiger partial charge in [-0.15, -0.1) is 0 Å². The molecule has 1 heterocycles. The number of phenols is 1. The molecule has 90 valence electrons. The van der Waals surface area contributed by atoms with Crippen LogP contribution in [0, 0.1) is 0 Å². The van der Waals surface area contributed by atoms with Crippen LogP contribution in [0.5, 0.6) is 5.75 Å². The molecule has 5 nitrogen and oxygen atoms in total. The van der Waals surface area contributed by atoms with Crippen molar-refractivity contribution in [2.45, 2.75) is 12.5 Å². The second-order valence-electron chi connectivity index (χ2n) is 3.86. The van der Waals surface area contributed by atoms with Crippen molar-refractivity contribution in [3.63, 3.8) is 0 Å². The van der Waals surface area contributed by atoms with E-state index < -0.39 is 12.0 Å². The lowest BCUT2D eigenvalue weighted by atomic mass is 10.1. The van der Waals surface area contributed by atoms with Gasteiger partial charge in [0.05, 0.1) is 7.11 Å². The summed E-state index contributed by atoms with van der Waals surface area (Å²) in [6.07, 6.45) is 2.16. The van der Waals surface area contributed by atoms with E-state index in [0.717, 1.165) is 16.5 Å². The fraction of sp³-hybridized carbons (Fsp3) is 0.250. The highest BCUT2D eigenvalue weighted by molar-refractivity contribution is 5.85. The van der Waals surface area contributed by atoms with Gasteiger partial charge in [0, 0.05) is 23.5 Å². The van der Waals surface area contributed by atoms with Crippen LogP contribution >= 0.6 is 0 Å². The quantitative estimate of drug-likeness (QED) is 0.687. The van der Waals surface area contributed by atoms with Crippen LogP contribution in [0.3, 0.4) is 0 Å². The fourth-order valence-corrected chi connectivity index (χ4v) is 1.80. The largest absolute Gasteiger partial charge is 0.508 e. The number of phenolic OH excluding ortho intramolecular Hbond substituents is 1. The van der Waals surface area contributed by atoms with Crippen molar-refractivity contribution in [3.05, 3.63) is 30.0 Å². The van der Waals surface area contributed by atoms with Crippen molar-refractivity contribution >= 4 is 16.9 Å². The zero-order valence-corrected chi connectivity index (χ0v) is 9.40. The molecule has 2 aromatic rings. The topological polar surface area (TPSA) is 88.3 Å². The number of methoxy groups -OCH3 is 1. The standard InChI is InChI=1S/C12H14N2O3/c1-17-12(16)10(13)4-7-6-14-11-3-2-8(15)5-9(7)11/h2-3,5-6,10,14-15H,4,13H2,1H3/t10-/m0/s1/i/hD. The number of rotatable bonds is 4. The van der Waals surface area contributed by atoms with E-state index in [1.54, 1.807) is 18.3 Å². The molecular formula is C12H14N2O3. The number of benzene rings is 1. The first kappa shape index (κ1) is 10.2. The molecule has 0 fully saturated rings. The Bertz CT molecular complexity index is 567. The summed E-state index contributed by atoms with van der Waals surface area (Å²) < 4.78 is 11.5. The Balaban J connectivity index is 2.30. The van der Waals surface area contributed by atoms with Gasteiger partial charge >= 0.3 is 5.97 Å². The third kappa shape index (κ3) is 2.24. The van der Waals surface area contributed by atoms with E-state index in [2.05, 4.69) is 14.8 Å². The number of aromatic hydroxyl groups is 1. The van der Waals surface area contributed by atoms with Gasteiger partial charge in [0.15, 0.2) is 0 Å². The summed E-state index contributed by atoms with van der Waals surface area (Å²) >= 11 is 0. The van der Waals surface area contributed by atoms with Crippen molar-refractivity contribution in [1.29, 1.82) is 1.43 Å². The van der Waals surface area contributed by atoms with Crippen molar-refractivity contribution in [1.82, 2.24) is 4.98 Å². The minimum Gasteiger partial charge on any atom is -0.508 e. The third-order valence-corrected chi connectivity index (χ3v) is 2.68. The van der Waals surface area contributed by atoms with E-state index >= 15 is 0 Å². The lowest BCUT2D eigenvalue weighted by Gasteiger charge is -2.08. The molecule has 0 spiro atoms. The Morgan fingerprint density at radius 1 is 1.71 bits per heavy atom. The van der Waals surface area contributed by atoms with Crippen molar-refractivity contribution in [3.8, 4) is 5.75 Å². The van der Waals surface area contributed by atoms with E-state index in [1.165, 1.54) is 7.11 Å². The number of aromatic nitrogens is 1.